The van der Waals surface area contributed by atoms with Crippen molar-refractivity contribution in [1.29, 1.82) is 0 Å². The summed E-state index contributed by atoms with van der Waals surface area (Å²) in [6.45, 7) is 0.677. The van der Waals surface area contributed by atoms with E-state index in [0.717, 1.165) is 0 Å². The summed E-state index contributed by atoms with van der Waals surface area (Å²) in [4.78, 5) is 1.80. The van der Waals surface area contributed by atoms with Crippen LogP contribution in [0.25, 0.3) is 0 Å². The molecule has 0 unspecified atom stereocenters. The molecule has 0 amide bonds. The largest absolute Gasteiger partial charge is 0.322 e. The van der Waals surface area contributed by atoms with Crippen LogP contribution < -0.4 is 0 Å². The van der Waals surface area contributed by atoms with Gasteiger partial charge in [-0.15, -0.1) is 0 Å². The maximum Gasteiger partial charge on any atom is 0.322 e. The first-order chi connectivity index (χ1) is 5.85. The summed E-state index contributed by atoms with van der Waals surface area (Å²) in [6.07, 6.45) is -0.188. The molecule has 13 heavy (non-hydrogen) atoms. The highest BCUT2D eigenvalue weighted by Crippen LogP contribution is 2.76. The third-order valence-corrected chi connectivity index (χ3v) is 3.37. The van der Waals surface area contributed by atoms with E-state index in [9.17, 15) is 17.6 Å². The minimum Gasteiger partial charge on any atom is -0.306 e. The first-order valence-electron chi connectivity index (χ1n) is 4.29. The minimum atomic E-state index is -3.76. The van der Waals surface area contributed by atoms with Crippen LogP contribution in [0.4, 0.5) is 17.6 Å². The van der Waals surface area contributed by atoms with Crippen molar-refractivity contribution in [3.63, 3.8) is 0 Å². The van der Waals surface area contributed by atoms with Crippen LogP contribution in [0.15, 0.2) is 0 Å². The van der Waals surface area contributed by atoms with Crippen LogP contribution in [0.2, 0.25) is 0 Å². The molecule has 1 aliphatic carbocycles. The molecule has 1 saturated carbocycles. The Morgan fingerprint density at radius 1 is 0.923 bits per heavy atom. The van der Waals surface area contributed by atoms with E-state index < -0.39 is 17.3 Å². The van der Waals surface area contributed by atoms with E-state index in [1.165, 1.54) is 0 Å². The normalized spacial score (nSPS) is 34.8. The van der Waals surface area contributed by atoms with Gasteiger partial charge < -0.3 is 4.90 Å². The lowest BCUT2D eigenvalue weighted by Crippen LogP contribution is -2.34. The van der Waals surface area contributed by atoms with Crippen molar-refractivity contribution in [3.05, 3.63) is 0 Å². The van der Waals surface area contributed by atoms with Crippen LogP contribution in [0.1, 0.15) is 12.8 Å². The number of likely N-dealkylation sites (tertiary alicyclic amines) is 1. The number of nitrogens with zero attached hydrogens (tertiary/aromatic N) is 1. The van der Waals surface area contributed by atoms with Gasteiger partial charge in [-0.2, -0.15) is 17.6 Å². The summed E-state index contributed by atoms with van der Waals surface area (Å²) in [7, 11) is 1.76. The first-order valence-corrected chi connectivity index (χ1v) is 4.29. The molecule has 1 heterocycles. The van der Waals surface area contributed by atoms with E-state index in [0.29, 0.717) is 13.1 Å². The van der Waals surface area contributed by atoms with Crippen LogP contribution in [-0.2, 0) is 0 Å². The molecule has 2 fully saturated rings. The summed E-state index contributed by atoms with van der Waals surface area (Å²) in [5.41, 5.74) is -2.01. The maximum absolute atomic E-state index is 12.8. The molecular formula is C8H11F4N. The average Bonchev–Trinajstić information content (AvgIpc) is 2.35. The lowest BCUT2D eigenvalue weighted by molar-refractivity contribution is -0.0278. The van der Waals surface area contributed by atoms with Crippen LogP contribution in [0.5, 0.6) is 0 Å². The van der Waals surface area contributed by atoms with Gasteiger partial charge in [-0.25, -0.2) is 0 Å². The quantitative estimate of drug-likeness (QED) is 0.537. The molecule has 1 saturated heterocycles. The van der Waals surface area contributed by atoms with E-state index in [1.807, 2.05) is 0 Å². The van der Waals surface area contributed by atoms with Gasteiger partial charge in [0.05, 0.1) is 0 Å². The van der Waals surface area contributed by atoms with E-state index in [2.05, 4.69) is 0 Å². The smallest absolute Gasteiger partial charge is 0.306 e. The predicted molar refractivity (Wildman–Crippen MR) is 39.1 cm³/mol. The van der Waals surface area contributed by atoms with Crippen LogP contribution >= 0.6 is 0 Å². The molecule has 0 atom stereocenters. The zero-order valence-corrected chi connectivity index (χ0v) is 7.29. The minimum absolute atomic E-state index is 0.0938. The van der Waals surface area contributed by atoms with Crippen LogP contribution in [0, 0.1) is 5.41 Å². The van der Waals surface area contributed by atoms with Crippen LogP contribution in [-0.4, -0.2) is 36.9 Å². The Morgan fingerprint density at radius 3 is 1.62 bits per heavy atom. The molecule has 2 aliphatic rings. The van der Waals surface area contributed by atoms with Crippen molar-refractivity contribution in [2.45, 2.75) is 24.7 Å². The molecule has 0 aromatic carbocycles. The fraction of sp³-hybridized carbons (Fsp3) is 1.00. The molecule has 1 spiro atoms. The Bertz CT molecular complexity index is 214. The Labute approximate surface area is 73.7 Å². The van der Waals surface area contributed by atoms with Crippen molar-refractivity contribution >= 4 is 0 Å². The fourth-order valence-corrected chi connectivity index (χ4v) is 2.15. The predicted octanol–water partition coefficient (Wildman–Crippen LogP) is 1.98. The summed E-state index contributed by atoms with van der Waals surface area (Å²) in [5, 5.41) is 0. The Kier molecular flexibility index (Phi) is 1.56. The second kappa shape index (κ2) is 2.19. The zero-order chi connectivity index (χ0) is 9.91. The van der Waals surface area contributed by atoms with Gasteiger partial charge in [0, 0.05) is 0 Å². The van der Waals surface area contributed by atoms with E-state index in [4.69, 9.17) is 0 Å². The topological polar surface area (TPSA) is 3.24 Å². The number of halogens is 4. The highest BCUT2D eigenvalue weighted by Gasteiger charge is 2.95. The molecule has 2 rings (SSSR count). The van der Waals surface area contributed by atoms with Crippen molar-refractivity contribution in [3.8, 4) is 0 Å². The zero-order valence-electron chi connectivity index (χ0n) is 7.29. The van der Waals surface area contributed by atoms with Gasteiger partial charge >= 0.3 is 11.8 Å². The number of piperidine rings is 1. The van der Waals surface area contributed by atoms with Crippen molar-refractivity contribution in [2.75, 3.05) is 20.1 Å². The van der Waals surface area contributed by atoms with Gasteiger partial charge in [0.2, 0.25) is 0 Å². The maximum atomic E-state index is 12.8. The Morgan fingerprint density at radius 2 is 1.31 bits per heavy atom. The highest BCUT2D eigenvalue weighted by molar-refractivity contribution is 5.26. The molecule has 76 valence electrons. The van der Waals surface area contributed by atoms with Gasteiger partial charge in [-0.1, -0.05) is 0 Å². The first kappa shape index (κ1) is 9.24. The van der Waals surface area contributed by atoms with Gasteiger partial charge in [0.1, 0.15) is 5.41 Å². The molecule has 5 heteroatoms. The number of hydrogen-bond acceptors (Lipinski definition) is 1. The molecule has 0 aromatic rings. The third-order valence-electron chi connectivity index (χ3n) is 3.37. The second-order valence-corrected chi connectivity index (χ2v) is 4.03. The molecule has 0 N–H and O–H groups in total. The monoisotopic (exact) mass is 197 g/mol. The van der Waals surface area contributed by atoms with Crippen molar-refractivity contribution in [1.82, 2.24) is 4.90 Å². The van der Waals surface area contributed by atoms with Gasteiger partial charge in [0.25, 0.3) is 0 Å². The Hall–Kier alpha value is -0.320. The number of rotatable bonds is 0. The SMILES string of the molecule is CN1CCC2(CC1)C(F)(F)C2(F)F. The van der Waals surface area contributed by atoms with Gasteiger partial charge in [-0.3, -0.25) is 0 Å². The summed E-state index contributed by atoms with van der Waals surface area (Å²) >= 11 is 0. The number of hydrogen-bond donors (Lipinski definition) is 0. The molecule has 1 aliphatic heterocycles. The van der Waals surface area contributed by atoms with Gasteiger partial charge in [0.15, 0.2) is 0 Å². The molecule has 0 aromatic heterocycles. The van der Waals surface area contributed by atoms with E-state index in [-0.39, 0.29) is 12.8 Å². The fourth-order valence-electron chi connectivity index (χ4n) is 2.15. The standard InChI is InChI=1S/C8H11F4N/c1-13-4-2-6(3-5-13)7(9,10)8(6,11)12/h2-5H2,1H3. The lowest BCUT2D eigenvalue weighted by atomic mass is 9.92. The molecular weight excluding hydrogens is 186 g/mol. The molecule has 1 nitrogen and oxygen atoms in total. The van der Waals surface area contributed by atoms with Crippen LogP contribution in [0.3, 0.4) is 0 Å². The van der Waals surface area contributed by atoms with E-state index in [1.54, 1.807) is 11.9 Å². The van der Waals surface area contributed by atoms with E-state index >= 15 is 0 Å². The lowest BCUT2D eigenvalue weighted by Gasteiger charge is -2.28. The van der Waals surface area contributed by atoms with Gasteiger partial charge in [-0.05, 0) is 33.0 Å². The number of alkyl halides is 4. The second-order valence-electron chi connectivity index (χ2n) is 4.03. The third kappa shape index (κ3) is 0.813. The highest BCUT2D eigenvalue weighted by atomic mass is 19.3. The van der Waals surface area contributed by atoms with Crippen molar-refractivity contribution < 1.29 is 17.6 Å². The summed E-state index contributed by atoms with van der Waals surface area (Å²) < 4.78 is 51.2. The summed E-state index contributed by atoms with van der Waals surface area (Å²) in [5.74, 6) is -7.53. The molecule has 0 bridgehead atoms. The Balaban J connectivity index is 2.18. The van der Waals surface area contributed by atoms with Crippen molar-refractivity contribution in [2.24, 2.45) is 5.41 Å². The average molecular weight is 197 g/mol. The molecule has 0 radical (unpaired) electrons. The summed E-state index contributed by atoms with van der Waals surface area (Å²) in [6, 6.07) is 0.